The first-order valence-corrected chi connectivity index (χ1v) is 15.7. The summed E-state index contributed by atoms with van der Waals surface area (Å²) in [6.07, 6.45) is -0.171. The Balaban J connectivity index is 1.34. The quantitative estimate of drug-likeness (QED) is 0.222. The van der Waals surface area contributed by atoms with E-state index < -0.39 is 21.7 Å². The SMILES string of the molecule is CCOc1c2c(c(OCC)c3ccccc13)C(=O)N(c1ccc(CS(=O)(=O)NC(=O)Cc3ccc(Cl)c(Cl)c3)cc1)C2. The molecule has 1 aliphatic heterocycles. The molecule has 2 amide bonds. The molecular weight excluding hydrogens is 599 g/mol. The molecule has 1 N–H and O–H groups in total. The lowest BCUT2D eigenvalue weighted by atomic mass is 9.99. The van der Waals surface area contributed by atoms with Crippen molar-refractivity contribution in [2.75, 3.05) is 18.1 Å². The van der Waals surface area contributed by atoms with Gasteiger partial charge in [-0.25, -0.2) is 8.42 Å². The molecule has 0 radical (unpaired) electrons. The molecule has 218 valence electrons. The minimum absolute atomic E-state index is 0.171. The van der Waals surface area contributed by atoms with Crippen molar-refractivity contribution < 1.29 is 27.5 Å². The molecule has 1 heterocycles. The highest BCUT2D eigenvalue weighted by molar-refractivity contribution is 7.89. The summed E-state index contributed by atoms with van der Waals surface area (Å²) < 4.78 is 39.5. The number of halogens is 2. The lowest BCUT2D eigenvalue weighted by molar-refractivity contribution is -0.118. The van der Waals surface area contributed by atoms with Crippen LogP contribution in [0.15, 0.2) is 66.7 Å². The molecule has 0 unspecified atom stereocenters. The molecule has 11 heteroatoms. The summed E-state index contributed by atoms with van der Waals surface area (Å²) >= 11 is 11.9. The number of carbonyl (C=O) groups excluding carboxylic acids is 2. The fraction of sp³-hybridized carbons (Fsp3) is 0.226. The maximum absolute atomic E-state index is 13.7. The molecule has 0 spiro atoms. The molecule has 0 bridgehead atoms. The normalized spacial score (nSPS) is 12.9. The van der Waals surface area contributed by atoms with Gasteiger partial charge in [0, 0.05) is 22.0 Å². The molecule has 0 aliphatic carbocycles. The van der Waals surface area contributed by atoms with E-state index in [1.54, 1.807) is 41.3 Å². The van der Waals surface area contributed by atoms with Crippen LogP contribution in [0.25, 0.3) is 10.8 Å². The van der Waals surface area contributed by atoms with E-state index >= 15 is 0 Å². The zero-order valence-corrected chi connectivity index (χ0v) is 25.3. The Hall–Kier alpha value is -3.79. The number of nitrogens with zero attached hydrogens (tertiary/aromatic N) is 1. The summed E-state index contributed by atoms with van der Waals surface area (Å²) in [6.45, 7) is 4.87. The summed E-state index contributed by atoms with van der Waals surface area (Å²) in [5.74, 6) is -0.147. The molecule has 5 rings (SSSR count). The summed E-state index contributed by atoms with van der Waals surface area (Å²) in [6, 6.07) is 19.0. The second-order valence-corrected chi connectivity index (χ2v) is 12.2. The van der Waals surface area contributed by atoms with E-state index in [9.17, 15) is 18.0 Å². The smallest absolute Gasteiger partial charge is 0.262 e. The third-order valence-electron chi connectivity index (χ3n) is 6.79. The maximum atomic E-state index is 13.7. The average Bonchev–Trinajstić information content (AvgIpc) is 3.29. The highest BCUT2D eigenvalue weighted by Gasteiger charge is 2.36. The predicted molar refractivity (Wildman–Crippen MR) is 164 cm³/mol. The molecule has 0 saturated carbocycles. The number of fused-ring (bicyclic) bond motifs is 2. The van der Waals surface area contributed by atoms with E-state index in [-0.39, 0.29) is 23.9 Å². The number of amides is 2. The van der Waals surface area contributed by atoms with Crippen LogP contribution in [0.3, 0.4) is 0 Å². The third kappa shape index (κ3) is 6.04. The van der Waals surface area contributed by atoms with Crippen LogP contribution >= 0.6 is 23.2 Å². The van der Waals surface area contributed by atoms with Gasteiger partial charge in [-0.2, -0.15) is 0 Å². The van der Waals surface area contributed by atoms with Gasteiger partial charge in [0.1, 0.15) is 11.5 Å². The van der Waals surface area contributed by atoms with Gasteiger partial charge in [-0.15, -0.1) is 0 Å². The van der Waals surface area contributed by atoms with Gasteiger partial charge >= 0.3 is 0 Å². The highest BCUT2D eigenvalue weighted by atomic mass is 35.5. The Bertz CT molecular complexity index is 1790. The molecule has 42 heavy (non-hydrogen) atoms. The molecule has 0 fully saturated rings. The van der Waals surface area contributed by atoms with Crippen LogP contribution < -0.4 is 19.1 Å². The lowest BCUT2D eigenvalue weighted by Crippen LogP contribution is -2.32. The van der Waals surface area contributed by atoms with Gasteiger partial charge in [-0.3, -0.25) is 14.3 Å². The van der Waals surface area contributed by atoms with Crippen molar-refractivity contribution in [3.63, 3.8) is 0 Å². The van der Waals surface area contributed by atoms with E-state index in [1.807, 2.05) is 38.1 Å². The number of rotatable bonds is 10. The standard InChI is InChI=1S/C31H28Cl2N2O6S/c1-3-40-29-22-7-5-6-8-23(22)30(41-4-2)28-24(29)17-35(31(28)37)21-12-9-19(10-13-21)18-42(38,39)34-27(36)16-20-11-14-25(32)26(33)15-20/h5-15H,3-4,16-18H2,1-2H3,(H,34,36). The highest BCUT2D eigenvalue weighted by Crippen LogP contribution is 2.46. The number of benzene rings is 4. The second-order valence-electron chi connectivity index (χ2n) is 9.69. The van der Waals surface area contributed by atoms with Gasteiger partial charge in [-0.1, -0.05) is 65.7 Å². The van der Waals surface area contributed by atoms with Gasteiger partial charge in [0.15, 0.2) is 0 Å². The first-order valence-electron chi connectivity index (χ1n) is 13.3. The number of ether oxygens (including phenoxy) is 2. The molecule has 4 aromatic carbocycles. The number of anilines is 1. The Morgan fingerprint density at radius 1 is 0.881 bits per heavy atom. The molecule has 0 atom stereocenters. The number of sulfonamides is 1. The predicted octanol–water partition coefficient (Wildman–Crippen LogP) is 6.29. The third-order valence-corrected chi connectivity index (χ3v) is 8.79. The summed E-state index contributed by atoms with van der Waals surface area (Å²) in [5, 5.41) is 2.30. The van der Waals surface area contributed by atoms with Gasteiger partial charge in [0.2, 0.25) is 15.9 Å². The van der Waals surface area contributed by atoms with E-state index in [2.05, 4.69) is 4.72 Å². The number of hydrogen-bond donors (Lipinski definition) is 1. The minimum Gasteiger partial charge on any atom is -0.493 e. The Labute approximate surface area is 254 Å². The van der Waals surface area contributed by atoms with Crippen LogP contribution in [0.4, 0.5) is 5.69 Å². The van der Waals surface area contributed by atoms with Crippen molar-refractivity contribution in [2.24, 2.45) is 0 Å². The largest absolute Gasteiger partial charge is 0.493 e. The molecule has 8 nitrogen and oxygen atoms in total. The van der Waals surface area contributed by atoms with Crippen LogP contribution in [0.5, 0.6) is 11.5 Å². The van der Waals surface area contributed by atoms with Gasteiger partial charge in [0.05, 0.1) is 47.5 Å². The zero-order chi connectivity index (χ0) is 30.0. The maximum Gasteiger partial charge on any atom is 0.262 e. The first kappa shape index (κ1) is 29.7. The van der Waals surface area contributed by atoms with Crippen molar-refractivity contribution in [2.45, 2.75) is 32.6 Å². The number of hydrogen-bond acceptors (Lipinski definition) is 6. The molecular formula is C31H28Cl2N2O6S. The van der Waals surface area contributed by atoms with Crippen molar-refractivity contribution in [1.82, 2.24) is 4.72 Å². The monoisotopic (exact) mass is 626 g/mol. The van der Waals surface area contributed by atoms with E-state index in [0.29, 0.717) is 52.1 Å². The minimum atomic E-state index is -3.98. The van der Waals surface area contributed by atoms with Crippen molar-refractivity contribution in [1.29, 1.82) is 0 Å². The van der Waals surface area contributed by atoms with Crippen molar-refractivity contribution in [3.8, 4) is 11.5 Å². The van der Waals surface area contributed by atoms with Crippen LogP contribution in [-0.2, 0) is 33.5 Å². The molecule has 0 aromatic heterocycles. The van der Waals surface area contributed by atoms with Crippen molar-refractivity contribution in [3.05, 3.63) is 99.0 Å². The number of nitrogens with one attached hydrogen (secondary N) is 1. The van der Waals surface area contributed by atoms with E-state index in [1.165, 1.54) is 6.07 Å². The number of carbonyl (C=O) groups is 2. The van der Waals surface area contributed by atoms with Crippen LogP contribution in [-0.4, -0.2) is 33.4 Å². The first-order chi connectivity index (χ1) is 20.1. The van der Waals surface area contributed by atoms with E-state index in [0.717, 1.165) is 16.3 Å². The molecule has 1 aliphatic rings. The Morgan fingerprint density at radius 3 is 2.14 bits per heavy atom. The average molecular weight is 628 g/mol. The zero-order valence-electron chi connectivity index (χ0n) is 22.9. The summed E-state index contributed by atoms with van der Waals surface area (Å²) in [4.78, 5) is 27.8. The van der Waals surface area contributed by atoms with Crippen LogP contribution in [0.1, 0.15) is 40.9 Å². The second kappa shape index (κ2) is 12.2. The lowest BCUT2D eigenvalue weighted by Gasteiger charge is -2.16. The van der Waals surface area contributed by atoms with Gasteiger partial charge in [0.25, 0.3) is 5.91 Å². The molecule has 4 aromatic rings. The van der Waals surface area contributed by atoms with Crippen molar-refractivity contribution >= 4 is 61.5 Å². The molecule has 0 saturated heterocycles. The Morgan fingerprint density at radius 2 is 1.50 bits per heavy atom. The van der Waals surface area contributed by atoms with E-state index in [4.69, 9.17) is 32.7 Å². The summed E-state index contributed by atoms with van der Waals surface area (Å²) in [5.41, 5.74) is 2.80. The summed E-state index contributed by atoms with van der Waals surface area (Å²) in [7, 11) is -3.98. The van der Waals surface area contributed by atoms with Gasteiger partial charge in [-0.05, 0) is 49.2 Å². The Kier molecular flexibility index (Phi) is 8.63. The van der Waals surface area contributed by atoms with Crippen LogP contribution in [0.2, 0.25) is 10.0 Å². The van der Waals surface area contributed by atoms with Gasteiger partial charge < -0.3 is 14.4 Å². The van der Waals surface area contributed by atoms with Crippen LogP contribution in [0, 0.1) is 0 Å². The fourth-order valence-electron chi connectivity index (χ4n) is 5.05. The fourth-order valence-corrected chi connectivity index (χ4v) is 6.50. The topological polar surface area (TPSA) is 102 Å².